The van der Waals surface area contributed by atoms with Crippen molar-refractivity contribution < 1.29 is 4.43 Å². The standard InChI is InChI=1S/C24H39NOSi/c1-19(2)23-16-15-21(4)13-9-11-20(3)12-10-14-22(5)17-24(23,18-25)26-27(6,7)8/h11,14-16,19H,9-10,12-13,17H2,1-8H3/b20-11+,21-15+,22-14+,23-16-. The molecule has 1 atom stereocenters. The molecule has 0 radical (unpaired) electrons. The van der Waals surface area contributed by atoms with E-state index in [4.69, 9.17) is 4.43 Å². The van der Waals surface area contributed by atoms with Gasteiger partial charge in [0, 0.05) is 6.42 Å². The lowest BCUT2D eigenvalue weighted by Crippen LogP contribution is -2.44. The van der Waals surface area contributed by atoms with Crippen LogP contribution in [0.5, 0.6) is 0 Å². The van der Waals surface area contributed by atoms with Crippen molar-refractivity contribution in [2.45, 2.75) is 92.0 Å². The number of allylic oxidation sites excluding steroid dienone is 6. The molecule has 0 saturated heterocycles. The third-order valence-corrected chi connectivity index (χ3v) is 5.85. The van der Waals surface area contributed by atoms with Crippen molar-refractivity contribution in [3.63, 3.8) is 0 Å². The molecule has 1 rings (SSSR count). The Bertz CT molecular complexity index is 667. The zero-order valence-electron chi connectivity index (χ0n) is 18.8. The van der Waals surface area contributed by atoms with Crippen LogP contribution in [0.15, 0.2) is 46.6 Å². The first-order valence-electron chi connectivity index (χ1n) is 10.3. The van der Waals surface area contributed by atoms with E-state index in [1.54, 1.807) is 0 Å². The summed E-state index contributed by atoms with van der Waals surface area (Å²) in [4.78, 5) is 0. The van der Waals surface area contributed by atoms with Gasteiger partial charge < -0.3 is 4.43 Å². The molecule has 0 amide bonds. The number of hydrogen-bond donors (Lipinski definition) is 0. The van der Waals surface area contributed by atoms with E-state index in [2.05, 4.69) is 84.6 Å². The van der Waals surface area contributed by atoms with Gasteiger partial charge in [-0.1, -0.05) is 54.9 Å². The van der Waals surface area contributed by atoms with Gasteiger partial charge in [0.1, 0.15) is 6.07 Å². The first-order valence-corrected chi connectivity index (χ1v) is 13.7. The van der Waals surface area contributed by atoms with Crippen LogP contribution in [-0.4, -0.2) is 13.9 Å². The molecule has 0 fully saturated rings. The highest BCUT2D eigenvalue weighted by atomic mass is 28.4. The zero-order chi connectivity index (χ0) is 20.7. The molecule has 0 aromatic carbocycles. The molecule has 0 aromatic rings. The van der Waals surface area contributed by atoms with E-state index < -0.39 is 13.9 Å². The van der Waals surface area contributed by atoms with E-state index in [1.165, 1.54) is 16.7 Å². The maximum absolute atomic E-state index is 10.3. The lowest BCUT2D eigenvalue weighted by Gasteiger charge is -2.37. The summed E-state index contributed by atoms with van der Waals surface area (Å²) in [7, 11) is -1.91. The molecule has 0 N–H and O–H groups in total. The topological polar surface area (TPSA) is 33.0 Å². The quantitative estimate of drug-likeness (QED) is 0.372. The summed E-state index contributed by atoms with van der Waals surface area (Å²) in [6.07, 6.45) is 13.9. The number of nitriles is 1. The summed E-state index contributed by atoms with van der Waals surface area (Å²) in [5.74, 6) is 0.257. The van der Waals surface area contributed by atoms with Crippen LogP contribution in [0.3, 0.4) is 0 Å². The monoisotopic (exact) mass is 385 g/mol. The van der Waals surface area contributed by atoms with Crippen LogP contribution >= 0.6 is 0 Å². The normalized spacial score (nSPS) is 31.3. The molecule has 0 spiro atoms. The van der Waals surface area contributed by atoms with Gasteiger partial charge in [0.2, 0.25) is 0 Å². The predicted octanol–water partition coefficient (Wildman–Crippen LogP) is 7.49. The van der Waals surface area contributed by atoms with Gasteiger partial charge in [0.25, 0.3) is 0 Å². The number of hydrogen-bond acceptors (Lipinski definition) is 2. The fraction of sp³-hybridized carbons (Fsp3) is 0.625. The van der Waals surface area contributed by atoms with Crippen LogP contribution in [0, 0.1) is 17.2 Å². The van der Waals surface area contributed by atoms with E-state index >= 15 is 0 Å². The van der Waals surface area contributed by atoms with E-state index in [9.17, 15) is 5.26 Å². The Kier molecular flexibility index (Phi) is 8.98. The molecule has 27 heavy (non-hydrogen) atoms. The van der Waals surface area contributed by atoms with Crippen molar-refractivity contribution in [2.75, 3.05) is 0 Å². The Labute approximate surface area is 168 Å². The van der Waals surface area contributed by atoms with E-state index in [1.807, 2.05) is 0 Å². The van der Waals surface area contributed by atoms with Gasteiger partial charge in [-0.25, -0.2) is 0 Å². The third kappa shape index (κ3) is 8.03. The largest absolute Gasteiger partial charge is 0.396 e. The van der Waals surface area contributed by atoms with Crippen LogP contribution in [0.2, 0.25) is 19.6 Å². The first kappa shape index (κ1) is 23.7. The molecule has 0 aliphatic heterocycles. The van der Waals surface area contributed by atoms with Crippen molar-refractivity contribution in [3.8, 4) is 6.07 Å². The van der Waals surface area contributed by atoms with Crippen molar-refractivity contribution >= 4 is 8.32 Å². The van der Waals surface area contributed by atoms with Gasteiger partial charge in [-0.15, -0.1) is 0 Å². The van der Waals surface area contributed by atoms with Gasteiger partial charge in [-0.2, -0.15) is 5.26 Å². The summed E-state index contributed by atoms with van der Waals surface area (Å²) < 4.78 is 6.60. The lowest BCUT2D eigenvalue weighted by atomic mass is 9.81. The molecule has 0 bridgehead atoms. The number of nitrogens with zero attached hydrogens (tertiary/aromatic N) is 1. The molecule has 150 valence electrons. The molecule has 1 unspecified atom stereocenters. The predicted molar refractivity (Wildman–Crippen MR) is 120 cm³/mol. The highest BCUT2D eigenvalue weighted by molar-refractivity contribution is 6.69. The van der Waals surface area contributed by atoms with E-state index in [-0.39, 0.29) is 5.92 Å². The Morgan fingerprint density at radius 3 is 2.04 bits per heavy atom. The summed E-state index contributed by atoms with van der Waals surface area (Å²) in [6.45, 7) is 17.4. The summed E-state index contributed by atoms with van der Waals surface area (Å²) in [6, 6.07) is 2.60. The Balaban J connectivity index is 3.51. The third-order valence-electron chi connectivity index (χ3n) is 4.89. The molecular formula is C24H39NOSi. The number of rotatable bonds is 3. The Hall–Kier alpha value is -1.37. The van der Waals surface area contributed by atoms with Crippen molar-refractivity contribution in [1.29, 1.82) is 5.26 Å². The lowest BCUT2D eigenvalue weighted by molar-refractivity contribution is 0.147. The fourth-order valence-electron chi connectivity index (χ4n) is 3.61. The molecular weight excluding hydrogens is 346 g/mol. The Morgan fingerprint density at radius 1 is 0.963 bits per heavy atom. The van der Waals surface area contributed by atoms with Crippen LogP contribution < -0.4 is 0 Å². The second-order valence-electron chi connectivity index (χ2n) is 9.30. The fourth-order valence-corrected chi connectivity index (χ4v) is 4.90. The molecule has 1 aliphatic carbocycles. The van der Waals surface area contributed by atoms with Crippen LogP contribution in [0.25, 0.3) is 0 Å². The van der Waals surface area contributed by atoms with Crippen LogP contribution in [0.1, 0.15) is 66.7 Å². The highest BCUT2D eigenvalue weighted by Crippen LogP contribution is 2.36. The van der Waals surface area contributed by atoms with Gasteiger partial charge in [0.05, 0.1) is 0 Å². The van der Waals surface area contributed by atoms with Crippen molar-refractivity contribution in [2.24, 2.45) is 5.92 Å². The average molecular weight is 386 g/mol. The van der Waals surface area contributed by atoms with Gasteiger partial charge >= 0.3 is 0 Å². The average Bonchev–Trinajstić information content (AvgIpc) is 2.52. The smallest absolute Gasteiger partial charge is 0.186 e. The minimum absolute atomic E-state index is 0.257. The maximum Gasteiger partial charge on any atom is 0.186 e. The van der Waals surface area contributed by atoms with Crippen LogP contribution in [-0.2, 0) is 4.43 Å². The molecule has 2 nitrogen and oxygen atoms in total. The highest BCUT2D eigenvalue weighted by Gasteiger charge is 2.40. The van der Waals surface area contributed by atoms with E-state index in [0.29, 0.717) is 6.42 Å². The van der Waals surface area contributed by atoms with Crippen LogP contribution in [0.4, 0.5) is 0 Å². The Morgan fingerprint density at radius 2 is 1.52 bits per heavy atom. The van der Waals surface area contributed by atoms with Crippen molar-refractivity contribution in [1.82, 2.24) is 0 Å². The van der Waals surface area contributed by atoms with Gasteiger partial charge in [-0.3, -0.25) is 0 Å². The van der Waals surface area contributed by atoms with Gasteiger partial charge in [0.15, 0.2) is 13.9 Å². The molecule has 0 heterocycles. The zero-order valence-corrected chi connectivity index (χ0v) is 19.8. The van der Waals surface area contributed by atoms with Gasteiger partial charge in [-0.05, 0) is 77.6 Å². The second kappa shape index (κ2) is 10.2. The second-order valence-corrected chi connectivity index (χ2v) is 13.7. The molecule has 3 heteroatoms. The minimum atomic E-state index is -1.91. The summed E-state index contributed by atoms with van der Waals surface area (Å²) in [5.41, 5.74) is 4.27. The SMILES string of the molecule is C/C1=C\C=C(\C(C)C)C(C#N)(O[Si](C)(C)C)C/C(C)=C/CC/C(C)=C/CC1. The summed E-state index contributed by atoms with van der Waals surface area (Å²) in [5, 5.41) is 10.3. The summed E-state index contributed by atoms with van der Waals surface area (Å²) >= 11 is 0. The maximum atomic E-state index is 10.3. The minimum Gasteiger partial charge on any atom is -0.396 e. The molecule has 1 aliphatic rings. The molecule has 0 saturated carbocycles. The first-order chi connectivity index (χ1) is 12.5. The van der Waals surface area contributed by atoms with E-state index in [0.717, 1.165) is 31.3 Å². The molecule has 0 aromatic heterocycles. The van der Waals surface area contributed by atoms with Crippen molar-refractivity contribution in [3.05, 3.63) is 46.6 Å².